The van der Waals surface area contributed by atoms with Crippen LogP contribution in [0.25, 0.3) is 0 Å². The van der Waals surface area contributed by atoms with Crippen LogP contribution in [0.5, 0.6) is 0 Å². The molecule has 0 heterocycles. The van der Waals surface area contributed by atoms with Gasteiger partial charge in [0.2, 0.25) is 0 Å². The first-order chi connectivity index (χ1) is 5.20. The molecule has 0 rings (SSSR count). The van der Waals surface area contributed by atoms with Gasteiger partial charge in [-0.2, -0.15) is 0 Å². The van der Waals surface area contributed by atoms with E-state index in [2.05, 4.69) is 27.5 Å². The molecular formula is C10H23B. The van der Waals surface area contributed by atoms with Crippen LogP contribution in [-0.4, -0.2) is 6.71 Å². The highest BCUT2D eigenvalue weighted by Crippen LogP contribution is 2.18. The third-order valence-electron chi connectivity index (χ3n) is 2.43. The lowest BCUT2D eigenvalue weighted by molar-refractivity contribution is 0.449. The number of hydrogen-bond donors (Lipinski definition) is 0. The minimum Gasteiger partial charge on any atom is -0.0863 e. The highest BCUT2D eigenvalue weighted by molar-refractivity contribution is 6.55. The molecular weight excluding hydrogens is 131 g/mol. The molecule has 0 saturated heterocycles. The zero-order valence-corrected chi connectivity index (χ0v) is 8.69. The molecule has 1 heteroatoms. The summed E-state index contributed by atoms with van der Waals surface area (Å²) in [4.78, 5) is 0. The Balaban J connectivity index is 3.35. The Kier molecular flexibility index (Phi) is 6.80. The van der Waals surface area contributed by atoms with E-state index in [1.165, 1.54) is 32.0 Å². The van der Waals surface area contributed by atoms with Gasteiger partial charge >= 0.3 is 0 Å². The summed E-state index contributed by atoms with van der Waals surface area (Å²) < 4.78 is 0. The number of rotatable bonds is 6. The van der Waals surface area contributed by atoms with E-state index >= 15 is 0 Å². The molecule has 0 aliphatic rings. The Labute approximate surface area is 72.8 Å². The highest BCUT2D eigenvalue weighted by Gasteiger charge is 2.06. The van der Waals surface area contributed by atoms with Crippen LogP contribution in [0.1, 0.15) is 39.5 Å². The fraction of sp³-hybridized carbons (Fsp3) is 1.00. The van der Waals surface area contributed by atoms with E-state index < -0.39 is 0 Å². The Hall–Kier alpha value is 0.0649. The molecule has 0 saturated carbocycles. The maximum absolute atomic E-state index is 2.32. The lowest BCUT2D eigenvalue weighted by Crippen LogP contribution is -2.05. The first-order valence-electron chi connectivity index (χ1n) is 5.20. The predicted molar refractivity (Wildman–Crippen MR) is 55.6 cm³/mol. The van der Waals surface area contributed by atoms with Crippen LogP contribution in [0.2, 0.25) is 20.0 Å². The van der Waals surface area contributed by atoms with E-state index in [1.807, 2.05) is 0 Å². The standard InChI is InChI=1S/C10H23B/c1-5-7-10(6-2)8-9-11(3)4/h10H,5-9H2,1-4H3. The fourth-order valence-corrected chi connectivity index (χ4v) is 1.53. The van der Waals surface area contributed by atoms with Crippen LogP contribution in [-0.2, 0) is 0 Å². The summed E-state index contributed by atoms with van der Waals surface area (Å²) in [7, 11) is 0. The van der Waals surface area contributed by atoms with Gasteiger partial charge in [-0.15, -0.1) is 0 Å². The molecule has 1 unspecified atom stereocenters. The van der Waals surface area contributed by atoms with Crippen LogP contribution < -0.4 is 0 Å². The second kappa shape index (κ2) is 6.76. The van der Waals surface area contributed by atoms with Crippen molar-refractivity contribution in [2.75, 3.05) is 0 Å². The van der Waals surface area contributed by atoms with Gasteiger partial charge in [0.25, 0.3) is 0 Å². The maximum Gasteiger partial charge on any atom is 0.133 e. The molecule has 0 bridgehead atoms. The fourth-order valence-electron chi connectivity index (χ4n) is 1.53. The van der Waals surface area contributed by atoms with Gasteiger partial charge in [-0.1, -0.05) is 59.5 Å². The molecule has 0 fully saturated rings. The lowest BCUT2D eigenvalue weighted by atomic mass is 9.51. The van der Waals surface area contributed by atoms with E-state index in [4.69, 9.17) is 0 Å². The molecule has 0 aromatic heterocycles. The van der Waals surface area contributed by atoms with E-state index in [0.29, 0.717) is 0 Å². The molecule has 0 aromatic carbocycles. The Morgan fingerprint density at radius 1 is 1.09 bits per heavy atom. The maximum atomic E-state index is 2.32. The summed E-state index contributed by atoms with van der Waals surface area (Å²) in [6.45, 7) is 10.1. The molecule has 0 spiro atoms. The van der Waals surface area contributed by atoms with Crippen LogP contribution in [0, 0.1) is 5.92 Å². The van der Waals surface area contributed by atoms with Gasteiger partial charge in [0.1, 0.15) is 6.71 Å². The van der Waals surface area contributed by atoms with Crippen molar-refractivity contribution < 1.29 is 0 Å². The molecule has 0 aliphatic heterocycles. The molecule has 0 N–H and O–H groups in total. The summed E-state index contributed by atoms with van der Waals surface area (Å²) >= 11 is 0. The molecule has 1 atom stereocenters. The zero-order chi connectivity index (χ0) is 8.69. The van der Waals surface area contributed by atoms with Crippen LogP contribution in [0.15, 0.2) is 0 Å². The normalized spacial score (nSPS) is 13.1. The average Bonchev–Trinajstić information content (AvgIpc) is 1.97. The Bertz CT molecular complexity index is 78.9. The summed E-state index contributed by atoms with van der Waals surface area (Å²) in [5, 5.41) is 0. The second-order valence-electron chi connectivity index (χ2n) is 4.03. The SMILES string of the molecule is CCCC(CC)CCB(C)C. The minimum atomic E-state index is 0.890. The van der Waals surface area contributed by atoms with Crippen LogP contribution in [0.4, 0.5) is 0 Å². The molecule has 0 nitrogen and oxygen atoms in total. The van der Waals surface area contributed by atoms with E-state index in [9.17, 15) is 0 Å². The monoisotopic (exact) mass is 154 g/mol. The molecule has 0 aliphatic carbocycles. The quantitative estimate of drug-likeness (QED) is 0.508. The van der Waals surface area contributed by atoms with Gasteiger partial charge in [-0.3, -0.25) is 0 Å². The van der Waals surface area contributed by atoms with Gasteiger partial charge in [-0.05, 0) is 5.92 Å². The van der Waals surface area contributed by atoms with Gasteiger partial charge in [0, 0.05) is 0 Å². The van der Waals surface area contributed by atoms with E-state index in [0.717, 1.165) is 12.6 Å². The van der Waals surface area contributed by atoms with Gasteiger partial charge < -0.3 is 0 Å². The summed E-state index contributed by atoms with van der Waals surface area (Å²) in [6, 6.07) is 0. The third kappa shape index (κ3) is 6.46. The Morgan fingerprint density at radius 2 is 1.73 bits per heavy atom. The summed E-state index contributed by atoms with van der Waals surface area (Å²) in [6.07, 6.45) is 7.03. The summed E-state index contributed by atoms with van der Waals surface area (Å²) in [5.41, 5.74) is 0. The molecule has 66 valence electrons. The largest absolute Gasteiger partial charge is 0.133 e. The minimum absolute atomic E-state index is 0.890. The van der Waals surface area contributed by atoms with Crippen molar-refractivity contribution in [3.05, 3.63) is 0 Å². The first-order valence-corrected chi connectivity index (χ1v) is 5.20. The topological polar surface area (TPSA) is 0 Å². The van der Waals surface area contributed by atoms with Crippen molar-refractivity contribution in [2.24, 2.45) is 5.92 Å². The van der Waals surface area contributed by atoms with E-state index in [-0.39, 0.29) is 0 Å². The smallest absolute Gasteiger partial charge is 0.0863 e. The average molecular weight is 154 g/mol. The van der Waals surface area contributed by atoms with Crippen molar-refractivity contribution in [1.29, 1.82) is 0 Å². The van der Waals surface area contributed by atoms with Gasteiger partial charge in [0.05, 0.1) is 0 Å². The zero-order valence-electron chi connectivity index (χ0n) is 8.69. The molecule has 0 radical (unpaired) electrons. The van der Waals surface area contributed by atoms with Crippen LogP contribution in [0.3, 0.4) is 0 Å². The van der Waals surface area contributed by atoms with Crippen molar-refractivity contribution in [3.8, 4) is 0 Å². The second-order valence-corrected chi connectivity index (χ2v) is 4.03. The molecule has 0 aromatic rings. The van der Waals surface area contributed by atoms with Crippen LogP contribution >= 0.6 is 0 Å². The molecule has 0 amide bonds. The highest BCUT2D eigenvalue weighted by atomic mass is 14.1. The van der Waals surface area contributed by atoms with E-state index in [1.54, 1.807) is 0 Å². The van der Waals surface area contributed by atoms with Crippen molar-refractivity contribution >= 4 is 6.71 Å². The van der Waals surface area contributed by atoms with Crippen molar-refractivity contribution in [3.63, 3.8) is 0 Å². The summed E-state index contributed by atoms with van der Waals surface area (Å²) in [5.74, 6) is 1.00. The number of hydrogen-bond acceptors (Lipinski definition) is 0. The van der Waals surface area contributed by atoms with Gasteiger partial charge in [0.15, 0.2) is 0 Å². The van der Waals surface area contributed by atoms with Crippen molar-refractivity contribution in [2.45, 2.75) is 59.5 Å². The molecule has 11 heavy (non-hydrogen) atoms. The third-order valence-corrected chi connectivity index (χ3v) is 2.43. The van der Waals surface area contributed by atoms with Crippen molar-refractivity contribution in [1.82, 2.24) is 0 Å². The first kappa shape index (κ1) is 11.1. The predicted octanol–water partition coefficient (Wildman–Crippen LogP) is 3.96. The lowest BCUT2D eigenvalue weighted by Gasteiger charge is -2.13. The Morgan fingerprint density at radius 3 is 2.09 bits per heavy atom. The van der Waals surface area contributed by atoms with Gasteiger partial charge in [-0.25, -0.2) is 0 Å².